The van der Waals surface area contributed by atoms with E-state index in [2.05, 4.69) is 16.9 Å². The number of fused-ring (bicyclic) bond motifs is 1. The summed E-state index contributed by atoms with van der Waals surface area (Å²) in [5.74, 6) is 0.0667. The van der Waals surface area contributed by atoms with Crippen LogP contribution in [0.15, 0.2) is 58.0 Å². The highest BCUT2D eigenvalue weighted by atomic mass is 35.5. The van der Waals surface area contributed by atoms with Crippen LogP contribution in [0.3, 0.4) is 0 Å². The van der Waals surface area contributed by atoms with Crippen molar-refractivity contribution in [1.82, 2.24) is 4.98 Å². The lowest BCUT2D eigenvalue weighted by Gasteiger charge is -2.12. The van der Waals surface area contributed by atoms with E-state index in [0.29, 0.717) is 39.6 Å². The maximum absolute atomic E-state index is 12.5. The number of nitrogens with one attached hydrogen (secondary N) is 1. The molecule has 7 heteroatoms. The molecule has 0 atom stereocenters. The molecular formula is C21H19ClN2O4. The number of ether oxygens (including phenoxy) is 1. The lowest BCUT2D eigenvalue weighted by atomic mass is 10.0. The minimum Gasteiger partial charge on any atom is -0.488 e. The first-order valence-corrected chi connectivity index (χ1v) is 8.96. The monoisotopic (exact) mass is 398 g/mol. The van der Waals surface area contributed by atoms with Gasteiger partial charge < -0.3 is 14.5 Å². The van der Waals surface area contributed by atoms with E-state index >= 15 is 0 Å². The van der Waals surface area contributed by atoms with Gasteiger partial charge in [-0.3, -0.25) is 9.78 Å². The van der Waals surface area contributed by atoms with Crippen LogP contribution >= 0.6 is 11.6 Å². The van der Waals surface area contributed by atoms with Gasteiger partial charge in [-0.15, -0.1) is 0 Å². The number of halogens is 1. The number of benzene rings is 1. The van der Waals surface area contributed by atoms with E-state index in [-0.39, 0.29) is 17.9 Å². The molecule has 0 saturated carbocycles. The molecule has 0 bridgehead atoms. The van der Waals surface area contributed by atoms with Crippen LogP contribution in [0.25, 0.3) is 11.0 Å². The zero-order valence-electron chi connectivity index (χ0n) is 15.5. The van der Waals surface area contributed by atoms with Crippen LogP contribution in [0.5, 0.6) is 5.75 Å². The van der Waals surface area contributed by atoms with Gasteiger partial charge in [-0.05, 0) is 43.2 Å². The fourth-order valence-corrected chi connectivity index (χ4v) is 2.93. The molecule has 0 aliphatic carbocycles. The van der Waals surface area contributed by atoms with Crippen molar-refractivity contribution < 1.29 is 13.9 Å². The highest BCUT2D eigenvalue weighted by Crippen LogP contribution is 2.32. The number of hydrogen-bond donors (Lipinski definition) is 1. The van der Waals surface area contributed by atoms with E-state index in [1.807, 2.05) is 6.92 Å². The summed E-state index contributed by atoms with van der Waals surface area (Å²) >= 11 is 6.30. The van der Waals surface area contributed by atoms with Gasteiger partial charge in [0.15, 0.2) is 0 Å². The van der Waals surface area contributed by atoms with Crippen LogP contribution in [0.1, 0.15) is 18.1 Å². The van der Waals surface area contributed by atoms with Crippen molar-refractivity contribution in [3.05, 3.63) is 75.4 Å². The molecule has 0 fully saturated rings. The molecule has 2 aromatic heterocycles. The van der Waals surface area contributed by atoms with Crippen molar-refractivity contribution in [3.63, 3.8) is 0 Å². The minimum absolute atomic E-state index is 0.121. The van der Waals surface area contributed by atoms with Gasteiger partial charge in [-0.2, -0.15) is 0 Å². The first-order chi connectivity index (χ1) is 13.3. The third-order valence-electron chi connectivity index (χ3n) is 4.10. The Balaban J connectivity index is 1.91. The van der Waals surface area contributed by atoms with E-state index in [0.717, 1.165) is 5.57 Å². The summed E-state index contributed by atoms with van der Waals surface area (Å²) in [6.07, 6.45) is 3.01. The Morgan fingerprint density at radius 3 is 2.86 bits per heavy atom. The predicted molar refractivity (Wildman–Crippen MR) is 109 cm³/mol. The SMILES string of the molecule is C=C(C)COc1cc2oc(=O)c(CC(=O)Nc3cccnc3)c(C)c2cc1Cl. The third-order valence-corrected chi connectivity index (χ3v) is 4.39. The number of carbonyl (C=O) groups is 1. The molecule has 0 radical (unpaired) electrons. The van der Waals surface area contributed by atoms with Crippen LogP contribution in [0.2, 0.25) is 5.02 Å². The second-order valence-electron chi connectivity index (χ2n) is 6.48. The summed E-state index contributed by atoms with van der Waals surface area (Å²) < 4.78 is 11.0. The minimum atomic E-state index is -0.570. The third kappa shape index (κ3) is 4.40. The standard InChI is InChI=1S/C21H19ClN2O4/c1-12(2)11-27-19-9-18-15(7-17(19)22)13(3)16(21(26)28-18)8-20(25)24-14-5-4-6-23-10-14/h4-7,9-10H,1,8,11H2,2-3H3,(H,24,25). The van der Waals surface area contributed by atoms with Crippen LogP contribution < -0.4 is 15.7 Å². The molecule has 2 heterocycles. The molecule has 6 nitrogen and oxygen atoms in total. The maximum Gasteiger partial charge on any atom is 0.340 e. The number of hydrogen-bond acceptors (Lipinski definition) is 5. The fraction of sp³-hybridized carbons (Fsp3) is 0.190. The number of aryl methyl sites for hydroxylation is 1. The van der Waals surface area contributed by atoms with Crippen molar-refractivity contribution in [3.8, 4) is 5.75 Å². The number of aromatic nitrogens is 1. The van der Waals surface area contributed by atoms with Crippen LogP contribution in [-0.2, 0) is 11.2 Å². The van der Waals surface area contributed by atoms with Gasteiger partial charge in [-0.25, -0.2) is 4.79 Å². The summed E-state index contributed by atoms with van der Waals surface area (Å²) in [5, 5.41) is 3.74. The second kappa shape index (κ2) is 8.27. The number of rotatable bonds is 6. The zero-order valence-corrected chi connectivity index (χ0v) is 16.3. The molecule has 0 aliphatic rings. The lowest BCUT2D eigenvalue weighted by molar-refractivity contribution is -0.115. The summed E-state index contributed by atoms with van der Waals surface area (Å²) in [4.78, 5) is 28.7. The molecule has 0 aliphatic heterocycles. The van der Waals surface area contributed by atoms with E-state index in [1.54, 1.807) is 37.4 Å². The number of amides is 1. The smallest absolute Gasteiger partial charge is 0.340 e. The number of anilines is 1. The molecule has 0 saturated heterocycles. The molecule has 144 valence electrons. The van der Waals surface area contributed by atoms with E-state index in [9.17, 15) is 9.59 Å². The Hall–Kier alpha value is -3.12. The van der Waals surface area contributed by atoms with Crippen molar-refractivity contribution in [2.24, 2.45) is 0 Å². The zero-order chi connectivity index (χ0) is 20.3. The van der Waals surface area contributed by atoms with Crippen LogP contribution in [0.4, 0.5) is 5.69 Å². The van der Waals surface area contributed by atoms with E-state index in [1.165, 1.54) is 6.20 Å². The van der Waals surface area contributed by atoms with Gasteiger partial charge in [0, 0.05) is 17.6 Å². The molecule has 3 rings (SSSR count). The summed E-state index contributed by atoms with van der Waals surface area (Å²) in [7, 11) is 0. The van der Waals surface area contributed by atoms with Crippen LogP contribution in [0, 0.1) is 6.92 Å². The molecular weight excluding hydrogens is 380 g/mol. The van der Waals surface area contributed by atoms with Gasteiger partial charge in [-0.1, -0.05) is 18.2 Å². The highest BCUT2D eigenvalue weighted by molar-refractivity contribution is 6.32. The second-order valence-corrected chi connectivity index (χ2v) is 6.89. The molecule has 0 spiro atoms. The largest absolute Gasteiger partial charge is 0.488 e. The summed E-state index contributed by atoms with van der Waals surface area (Å²) in [6.45, 7) is 7.68. The predicted octanol–water partition coefficient (Wildman–Crippen LogP) is 4.29. The van der Waals surface area contributed by atoms with Crippen molar-refractivity contribution in [2.45, 2.75) is 20.3 Å². The Bertz CT molecular complexity index is 1110. The number of carbonyl (C=O) groups excluding carboxylic acids is 1. The first kappa shape index (κ1) is 19.6. The molecule has 1 amide bonds. The molecule has 3 aromatic rings. The lowest BCUT2D eigenvalue weighted by Crippen LogP contribution is -2.20. The Kier molecular flexibility index (Phi) is 5.80. The average Bonchev–Trinajstić information content (AvgIpc) is 2.65. The van der Waals surface area contributed by atoms with Gasteiger partial charge in [0.05, 0.1) is 28.9 Å². The van der Waals surface area contributed by atoms with E-state index in [4.69, 9.17) is 20.8 Å². The van der Waals surface area contributed by atoms with Gasteiger partial charge >= 0.3 is 5.63 Å². The Morgan fingerprint density at radius 2 is 2.18 bits per heavy atom. The molecule has 28 heavy (non-hydrogen) atoms. The fourth-order valence-electron chi connectivity index (χ4n) is 2.71. The molecule has 1 aromatic carbocycles. The normalized spacial score (nSPS) is 10.7. The molecule has 0 unspecified atom stereocenters. The molecule has 1 N–H and O–H groups in total. The summed E-state index contributed by atoms with van der Waals surface area (Å²) in [6, 6.07) is 6.67. The van der Waals surface area contributed by atoms with Gasteiger partial charge in [0.1, 0.15) is 17.9 Å². The number of pyridine rings is 1. The summed E-state index contributed by atoms with van der Waals surface area (Å²) in [5.41, 5.74) is 2.09. The Morgan fingerprint density at radius 1 is 1.39 bits per heavy atom. The highest BCUT2D eigenvalue weighted by Gasteiger charge is 2.17. The van der Waals surface area contributed by atoms with Crippen molar-refractivity contribution in [2.75, 3.05) is 11.9 Å². The topological polar surface area (TPSA) is 81.4 Å². The quantitative estimate of drug-likeness (QED) is 0.495. The Labute approximate surface area is 166 Å². The van der Waals surface area contributed by atoms with Gasteiger partial charge in [0.25, 0.3) is 0 Å². The van der Waals surface area contributed by atoms with E-state index < -0.39 is 5.63 Å². The van der Waals surface area contributed by atoms with Gasteiger partial charge in [0.2, 0.25) is 5.91 Å². The average molecular weight is 399 g/mol. The number of nitrogens with zero attached hydrogens (tertiary/aromatic N) is 1. The van der Waals surface area contributed by atoms with Crippen molar-refractivity contribution in [1.29, 1.82) is 0 Å². The van der Waals surface area contributed by atoms with Crippen LogP contribution in [-0.4, -0.2) is 17.5 Å². The maximum atomic E-state index is 12.5. The first-order valence-electron chi connectivity index (χ1n) is 8.58. The van der Waals surface area contributed by atoms with Crippen molar-refractivity contribution >= 4 is 34.2 Å².